The van der Waals surface area contributed by atoms with Crippen LogP contribution in [-0.2, 0) is 20.3 Å². The number of likely N-dealkylation sites (tertiary alicyclic amines) is 1. The first kappa shape index (κ1) is 23.6. The Morgan fingerprint density at radius 2 is 1.77 bits per heavy atom. The van der Waals surface area contributed by atoms with Gasteiger partial charge in [-0.1, -0.05) is 6.07 Å². The number of carbonyl (C=O) groups is 1. The highest BCUT2D eigenvalue weighted by Crippen LogP contribution is 2.29. The number of pyridine rings is 1. The fourth-order valence-electron chi connectivity index (χ4n) is 3.43. The van der Waals surface area contributed by atoms with Gasteiger partial charge in [0.25, 0.3) is 0 Å². The van der Waals surface area contributed by atoms with Crippen molar-refractivity contribution in [1.82, 2.24) is 9.88 Å². The molecule has 1 aromatic heterocycles. The first-order valence-electron chi connectivity index (χ1n) is 10.4. The molecule has 1 aliphatic heterocycles. The molecule has 0 unspecified atom stereocenters. The molecule has 3 rings (SSSR count). The summed E-state index contributed by atoms with van der Waals surface area (Å²) >= 11 is 1.63. The second-order valence-electron chi connectivity index (χ2n) is 8.86. The number of piperidine rings is 1. The standard InChI is InChI=1S/C23H30N2O4S2/c1-23(2,3)29-22(26)25-13-11-17(12-14-25)18-5-6-19(24-15-18)16-30-20-7-9-21(10-8-20)31(4,27)28/h5-10,15,17H,11-14,16H2,1-4H3. The monoisotopic (exact) mass is 462 g/mol. The molecular weight excluding hydrogens is 432 g/mol. The van der Waals surface area contributed by atoms with E-state index in [9.17, 15) is 13.2 Å². The minimum Gasteiger partial charge on any atom is -0.444 e. The lowest BCUT2D eigenvalue weighted by atomic mass is 9.90. The molecule has 6 nitrogen and oxygen atoms in total. The molecule has 2 aromatic rings. The van der Waals surface area contributed by atoms with Crippen molar-refractivity contribution in [2.45, 2.75) is 60.7 Å². The van der Waals surface area contributed by atoms with Crippen LogP contribution >= 0.6 is 11.8 Å². The Morgan fingerprint density at radius 3 is 2.29 bits per heavy atom. The van der Waals surface area contributed by atoms with E-state index in [1.807, 2.05) is 45.2 Å². The molecule has 1 aliphatic rings. The van der Waals surface area contributed by atoms with Crippen molar-refractivity contribution in [2.24, 2.45) is 0 Å². The maximum atomic E-state index is 12.2. The molecule has 31 heavy (non-hydrogen) atoms. The molecule has 168 valence electrons. The van der Waals surface area contributed by atoms with Gasteiger partial charge >= 0.3 is 6.09 Å². The fourth-order valence-corrected chi connectivity index (χ4v) is 4.87. The zero-order chi connectivity index (χ0) is 22.6. The summed E-state index contributed by atoms with van der Waals surface area (Å²) in [4.78, 5) is 19.9. The van der Waals surface area contributed by atoms with Gasteiger partial charge in [0.1, 0.15) is 5.60 Å². The van der Waals surface area contributed by atoms with Crippen LogP contribution in [0.1, 0.15) is 50.8 Å². The van der Waals surface area contributed by atoms with E-state index in [-0.39, 0.29) is 6.09 Å². The van der Waals surface area contributed by atoms with Gasteiger partial charge in [-0.15, -0.1) is 11.8 Å². The molecule has 0 atom stereocenters. The van der Waals surface area contributed by atoms with E-state index in [0.717, 1.165) is 29.2 Å². The van der Waals surface area contributed by atoms with Crippen LogP contribution < -0.4 is 0 Å². The van der Waals surface area contributed by atoms with Gasteiger partial charge in [-0.05, 0) is 75.4 Å². The fraction of sp³-hybridized carbons (Fsp3) is 0.478. The van der Waals surface area contributed by atoms with Gasteiger partial charge in [0.2, 0.25) is 0 Å². The number of benzene rings is 1. The lowest BCUT2D eigenvalue weighted by Gasteiger charge is -2.33. The van der Waals surface area contributed by atoms with Gasteiger partial charge < -0.3 is 9.64 Å². The third-order valence-electron chi connectivity index (χ3n) is 5.10. The number of carbonyl (C=O) groups excluding carboxylic acids is 1. The SMILES string of the molecule is CC(C)(C)OC(=O)N1CCC(c2ccc(CSc3ccc(S(C)(=O)=O)cc3)nc2)CC1. The van der Waals surface area contributed by atoms with Gasteiger partial charge in [0.05, 0.1) is 10.6 Å². The van der Waals surface area contributed by atoms with Crippen LogP contribution in [0.3, 0.4) is 0 Å². The third kappa shape index (κ3) is 6.97. The summed E-state index contributed by atoms with van der Waals surface area (Å²) in [5.74, 6) is 1.12. The molecular formula is C23H30N2O4S2. The van der Waals surface area contributed by atoms with E-state index in [0.29, 0.717) is 23.9 Å². The molecule has 0 N–H and O–H groups in total. The average molecular weight is 463 g/mol. The van der Waals surface area contributed by atoms with E-state index in [1.54, 1.807) is 28.8 Å². The molecule has 0 bridgehead atoms. The predicted octanol–water partition coefficient (Wildman–Crippen LogP) is 4.89. The molecule has 0 spiro atoms. The molecule has 1 saturated heterocycles. The number of ether oxygens (including phenoxy) is 1. The van der Waals surface area contributed by atoms with Crippen LogP contribution in [-0.4, -0.2) is 49.3 Å². The molecule has 1 aromatic carbocycles. The molecule has 0 radical (unpaired) electrons. The average Bonchev–Trinajstić information content (AvgIpc) is 2.71. The lowest BCUT2D eigenvalue weighted by molar-refractivity contribution is 0.0205. The van der Waals surface area contributed by atoms with Crippen molar-refractivity contribution in [2.75, 3.05) is 19.3 Å². The highest BCUT2D eigenvalue weighted by molar-refractivity contribution is 7.98. The van der Waals surface area contributed by atoms with Gasteiger partial charge in [0, 0.05) is 36.2 Å². The minimum atomic E-state index is -3.17. The number of hydrogen-bond acceptors (Lipinski definition) is 6. The minimum absolute atomic E-state index is 0.235. The molecule has 1 fully saturated rings. The number of nitrogens with zero attached hydrogens (tertiary/aromatic N) is 2. The van der Waals surface area contributed by atoms with Gasteiger partial charge in [-0.2, -0.15) is 0 Å². The Morgan fingerprint density at radius 1 is 1.13 bits per heavy atom. The van der Waals surface area contributed by atoms with Crippen LogP contribution in [0.25, 0.3) is 0 Å². The van der Waals surface area contributed by atoms with Gasteiger partial charge in [0.15, 0.2) is 9.84 Å². The highest BCUT2D eigenvalue weighted by Gasteiger charge is 2.27. The third-order valence-corrected chi connectivity index (χ3v) is 7.28. The molecule has 2 heterocycles. The quantitative estimate of drug-likeness (QED) is 0.589. The Hall–Kier alpha value is -2.06. The second kappa shape index (κ2) is 9.61. The van der Waals surface area contributed by atoms with Crippen molar-refractivity contribution in [3.8, 4) is 0 Å². The van der Waals surface area contributed by atoms with E-state index in [1.165, 1.54) is 11.8 Å². The Kier molecular flexibility index (Phi) is 7.31. The maximum Gasteiger partial charge on any atom is 0.410 e. The Balaban J connectivity index is 1.50. The van der Waals surface area contributed by atoms with Crippen LogP contribution in [0, 0.1) is 0 Å². The van der Waals surface area contributed by atoms with Crippen molar-refractivity contribution in [3.05, 3.63) is 53.9 Å². The summed E-state index contributed by atoms with van der Waals surface area (Å²) in [5.41, 5.74) is 1.71. The van der Waals surface area contributed by atoms with Gasteiger partial charge in [-0.3, -0.25) is 4.98 Å². The van der Waals surface area contributed by atoms with E-state index in [2.05, 4.69) is 11.1 Å². The Labute approximate surface area is 189 Å². The first-order valence-corrected chi connectivity index (χ1v) is 13.2. The second-order valence-corrected chi connectivity index (χ2v) is 11.9. The number of aromatic nitrogens is 1. The number of hydrogen-bond donors (Lipinski definition) is 0. The van der Waals surface area contributed by atoms with Crippen LogP contribution in [0.4, 0.5) is 4.79 Å². The predicted molar refractivity (Wildman–Crippen MR) is 123 cm³/mol. The van der Waals surface area contributed by atoms with E-state index >= 15 is 0 Å². The summed E-state index contributed by atoms with van der Waals surface area (Å²) in [6.45, 7) is 7.04. The highest BCUT2D eigenvalue weighted by atomic mass is 32.2. The first-order chi connectivity index (χ1) is 14.5. The summed E-state index contributed by atoms with van der Waals surface area (Å²) in [6.07, 6.45) is 4.73. The van der Waals surface area contributed by atoms with Gasteiger partial charge in [-0.25, -0.2) is 13.2 Å². The van der Waals surface area contributed by atoms with E-state index in [4.69, 9.17) is 4.74 Å². The van der Waals surface area contributed by atoms with Crippen molar-refractivity contribution >= 4 is 27.7 Å². The zero-order valence-electron chi connectivity index (χ0n) is 18.5. The van der Waals surface area contributed by atoms with Crippen LogP contribution in [0.15, 0.2) is 52.4 Å². The van der Waals surface area contributed by atoms with Crippen molar-refractivity contribution in [3.63, 3.8) is 0 Å². The number of amides is 1. The number of rotatable bonds is 5. The number of thioether (sulfide) groups is 1. The summed E-state index contributed by atoms with van der Waals surface area (Å²) in [7, 11) is -3.17. The van der Waals surface area contributed by atoms with E-state index < -0.39 is 15.4 Å². The van der Waals surface area contributed by atoms with Crippen LogP contribution in [0.5, 0.6) is 0 Å². The lowest BCUT2D eigenvalue weighted by Crippen LogP contribution is -2.41. The molecule has 1 amide bonds. The Bertz CT molecular complexity index is 989. The zero-order valence-corrected chi connectivity index (χ0v) is 20.1. The smallest absolute Gasteiger partial charge is 0.410 e. The molecule has 8 heteroatoms. The molecule has 0 saturated carbocycles. The maximum absolute atomic E-state index is 12.2. The summed E-state index contributed by atoms with van der Waals surface area (Å²) < 4.78 is 28.6. The molecule has 0 aliphatic carbocycles. The largest absolute Gasteiger partial charge is 0.444 e. The summed E-state index contributed by atoms with van der Waals surface area (Å²) in [5, 5.41) is 0. The van der Waals surface area contributed by atoms with Crippen molar-refractivity contribution in [1.29, 1.82) is 0 Å². The van der Waals surface area contributed by atoms with Crippen molar-refractivity contribution < 1.29 is 17.9 Å². The number of sulfone groups is 1. The normalized spacial score (nSPS) is 15.7. The van der Waals surface area contributed by atoms with Crippen LogP contribution in [0.2, 0.25) is 0 Å². The topological polar surface area (TPSA) is 76.6 Å². The summed E-state index contributed by atoms with van der Waals surface area (Å²) in [6, 6.07) is 11.1.